The van der Waals surface area contributed by atoms with Crippen molar-refractivity contribution in [3.8, 4) is 5.75 Å². The van der Waals surface area contributed by atoms with Gasteiger partial charge >= 0.3 is 0 Å². The number of nitrogens with zero attached hydrogens (tertiary/aromatic N) is 3. The van der Waals surface area contributed by atoms with E-state index in [1.807, 2.05) is 33.3 Å². The molecular weight excluding hydrogens is 386 g/mol. The molecule has 1 atom stereocenters. The number of likely N-dealkylation sites (tertiary alicyclic amines) is 1. The highest BCUT2D eigenvalue weighted by molar-refractivity contribution is 5.79. The standard InChI is InChI=1S/C25H37N5O/c1-26-25(27-19-21-10-9-13-23(18-21)31-17-16-29(2)3)28-20-24(30-14-7-8-15-30)22-11-5-4-6-12-22/h4-6,9-13,18,24H,7-8,14-17,19-20H2,1-3H3,(H2,26,27,28). The fourth-order valence-electron chi connectivity index (χ4n) is 3.88. The Hall–Kier alpha value is -2.57. The Morgan fingerprint density at radius 3 is 2.55 bits per heavy atom. The second-order valence-electron chi connectivity index (χ2n) is 8.28. The number of hydrogen-bond donors (Lipinski definition) is 2. The summed E-state index contributed by atoms with van der Waals surface area (Å²) in [4.78, 5) is 9.12. The highest BCUT2D eigenvalue weighted by Crippen LogP contribution is 2.24. The van der Waals surface area contributed by atoms with Crippen molar-refractivity contribution in [3.63, 3.8) is 0 Å². The monoisotopic (exact) mass is 423 g/mol. The molecule has 6 nitrogen and oxygen atoms in total. The van der Waals surface area contributed by atoms with E-state index in [4.69, 9.17) is 4.74 Å². The fraction of sp³-hybridized carbons (Fsp3) is 0.480. The third kappa shape index (κ3) is 7.56. The highest BCUT2D eigenvalue weighted by Gasteiger charge is 2.23. The van der Waals surface area contributed by atoms with E-state index in [0.29, 0.717) is 19.2 Å². The summed E-state index contributed by atoms with van der Waals surface area (Å²) in [7, 11) is 5.92. The molecule has 1 aliphatic heterocycles. The van der Waals surface area contributed by atoms with Crippen LogP contribution < -0.4 is 15.4 Å². The first-order valence-corrected chi connectivity index (χ1v) is 11.3. The molecule has 168 valence electrons. The maximum Gasteiger partial charge on any atom is 0.191 e. The zero-order valence-electron chi connectivity index (χ0n) is 19.2. The van der Waals surface area contributed by atoms with Crippen LogP contribution in [0.4, 0.5) is 0 Å². The Bertz CT molecular complexity index is 803. The van der Waals surface area contributed by atoms with Crippen molar-refractivity contribution >= 4 is 5.96 Å². The van der Waals surface area contributed by atoms with Gasteiger partial charge in [-0.15, -0.1) is 0 Å². The van der Waals surface area contributed by atoms with E-state index in [0.717, 1.165) is 37.9 Å². The molecule has 1 unspecified atom stereocenters. The third-order valence-electron chi connectivity index (χ3n) is 5.62. The van der Waals surface area contributed by atoms with Crippen LogP contribution in [0.25, 0.3) is 0 Å². The van der Waals surface area contributed by atoms with Crippen molar-refractivity contribution in [3.05, 3.63) is 65.7 Å². The number of hydrogen-bond acceptors (Lipinski definition) is 4. The second kappa shape index (κ2) is 12.3. The smallest absolute Gasteiger partial charge is 0.191 e. The largest absolute Gasteiger partial charge is 0.492 e. The molecule has 0 amide bonds. The summed E-state index contributed by atoms with van der Waals surface area (Å²) in [5, 5.41) is 6.98. The van der Waals surface area contributed by atoms with Crippen LogP contribution in [0.15, 0.2) is 59.6 Å². The minimum absolute atomic E-state index is 0.357. The number of guanidine groups is 1. The summed E-state index contributed by atoms with van der Waals surface area (Å²) >= 11 is 0. The van der Waals surface area contributed by atoms with Crippen LogP contribution in [-0.2, 0) is 6.54 Å². The summed E-state index contributed by atoms with van der Waals surface area (Å²) in [5.41, 5.74) is 2.53. The van der Waals surface area contributed by atoms with Crippen molar-refractivity contribution in [2.24, 2.45) is 4.99 Å². The van der Waals surface area contributed by atoms with Gasteiger partial charge < -0.3 is 20.3 Å². The SMILES string of the molecule is CN=C(NCc1cccc(OCCN(C)C)c1)NCC(c1ccccc1)N1CCCC1. The van der Waals surface area contributed by atoms with Gasteiger partial charge in [0.05, 0.1) is 6.04 Å². The topological polar surface area (TPSA) is 52.1 Å². The van der Waals surface area contributed by atoms with E-state index in [1.165, 1.54) is 24.0 Å². The van der Waals surface area contributed by atoms with Crippen LogP contribution in [0.1, 0.15) is 30.0 Å². The minimum Gasteiger partial charge on any atom is -0.492 e. The van der Waals surface area contributed by atoms with Crippen LogP contribution in [0.5, 0.6) is 5.75 Å². The molecular formula is C25H37N5O. The van der Waals surface area contributed by atoms with Crippen LogP contribution in [-0.4, -0.2) is 69.7 Å². The molecule has 1 aliphatic rings. The first-order chi connectivity index (χ1) is 15.2. The number of aliphatic imine (C=N–C) groups is 1. The molecule has 0 aromatic heterocycles. The van der Waals surface area contributed by atoms with Crippen LogP contribution >= 0.6 is 0 Å². The zero-order valence-corrected chi connectivity index (χ0v) is 19.2. The van der Waals surface area contributed by atoms with E-state index >= 15 is 0 Å². The number of likely N-dealkylation sites (N-methyl/N-ethyl adjacent to an activating group) is 1. The predicted molar refractivity (Wildman–Crippen MR) is 129 cm³/mol. The molecule has 0 radical (unpaired) electrons. The minimum atomic E-state index is 0.357. The lowest BCUT2D eigenvalue weighted by molar-refractivity contribution is 0.245. The maximum absolute atomic E-state index is 5.85. The van der Waals surface area contributed by atoms with Gasteiger partial charge in [0.25, 0.3) is 0 Å². The maximum atomic E-state index is 5.85. The van der Waals surface area contributed by atoms with Gasteiger partial charge in [0.1, 0.15) is 12.4 Å². The molecule has 1 heterocycles. The van der Waals surface area contributed by atoms with Gasteiger partial charge in [-0.3, -0.25) is 9.89 Å². The lowest BCUT2D eigenvalue weighted by atomic mass is 10.1. The first-order valence-electron chi connectivity index (χ1n) is 11.3. The average Bonchev–Trinajstić information content (AvgIpc) is 3.31. The van der Waals surface area contributed by atoms with Crippen molar-refractivity contribution < 1.29 is 4.74 Å². The van der Waals surface area contributed by atoms with E-state index in [2.05, 4.69) is 67.9 Å². The molecule has 1 fully saturated rings. The Morgan fingerprint density at radius 1 is 1.06 bits per heavy atom. The number of rotatable bonds is 10. The molecule has 2 aromatic carbocycles. The number of ether oxygens (including phenoxy) is 1. The number of benzene rings is 2. The molecule has 1 saturated heterocycles. The van der Waals surface area contributed by atoms with Crippen LogP contribution in [0.3, 0.4) is 0 Å². The third-order valence-corrected chi connectivity index (χ3v) is 5.62. The molecule has 31 heavy (non-hydrogen) atoms. The fourth-order valence-corrected chi connectivity index (χ4v) is 3.88. The predicted octanol–water partition coefficient (Wildman–Crippen LogP) is 3.13. The lowest BCUT2D eigenvalue weighted by Crippen LogP contribution is -2.42. The normalized spacial score (nSPS) is 15.8. The van der Waals surface area contributed by atoms with Gasteiger partial charge in [-0.1, -0.05) is 42.5 Å². The van der Waals surface area contributed by atoms with E-state index in [-0.39, 0.29) is 0 Å². The van der Waals surface area contributed by atoms with Gasteiger partial charge in [-0.05, 0) is 63.3 Å². The molecule has 0 aliphatic carbocycles. The lowest BCUT2D eigenvalue weighted by Gasteiger charge is -2.29. The summed E-state index contributed by atoms with van der Waals surface area (Å²) < 4.78 is 5.85. The van der Waals surface area contributed by atoms with E-state index in [1.54, 1.807) is 0 Å². The number of nitrogens with one attached hydrogen (secondary N) is 2. The average molecular weight is 424 g/mol. The van der Waals surface area contributed by atoms with Gasteiger partial charge in [-0.25, -0.2) is 0 Å². The Morgan fingerprint density at radius 2 is 1.84 bits per heavy atom. The van der Waals surface area contributed by atoms with Crippen molar-refractivity contribution in [1.82, 2.24) is 20.4 Å². The van der Waals surface area contributed by atoms with Crippen LogP contribution in [0, 0.1) is 0 Å². The van der Waals surface area contributed by atoms with Gasteiger partial charge in [0.15, 0.2) is 5.96 Å². The van der Waals surface area contributed by atoms with E-state index < -0.39 is 0 Å². The molecule has 6 heteroatoms. The second-order valence-corrected chi connectivity index (χ2v) is 8.28. The summed E-state index contributed by atoms with van der Waals surface area (Å²) in [6, 6.07) is 19.4. The van der Waals surface area contributed by atoms with Gasteiger partial charge in [-0.2, -0.15) is 0 Å². The molecule has 2 N–H and O–H groups in total. The van der Waals surface area contributed by atoms with Gasteiger partial charge in [0.2, 0.25) is 0 Å². The van der Waals surface area contributed by atoms with E-state index in [9.17, 15) is 0 Å². The van der Waals surface area contributed by atoms with Crippen molar-refractivity contribution in [1.29, 1.82) is 0 Å². The Labute approximate surface area is 187 Å². The zero-order chi connectivity index (χ0) is 21.9. The molecule has 2 aromatic rings. The summed E-state index contributed by atoms with van der Waals surface area (Å²) in [6.45, 7) is 5.44. The molecule has 0 saturated carbocycles. The summed E-state index contributed by atoms with van der Waals surface area (Å²) in [5.74, 6) is 1.72. The van der Waals surface area contributed by atoms with Crippen molar-refractivity contribution in [2.45, 2.75) is 25.4 Å². The van der Waals surface area contributed by atoms with Gasteiger partial charge in [0, 0.05) is 26.7 Å². The molecule has 0 bridgehead atoms. The Balaban J connectivity index is 1.53. The first kappa shape index (κ1) is 23.1. The quantitative estimate of drug-likeness (QED) is 0.454. The van der Waals surface area contributed by atoms with Crippen molar-refractivity contribution in [2.75, 3.05) is 53.9 Å². The highest BCUT2D eigenvalue weighted by atomic mass is 16.5. The summed E-state index contributed by atoms with van der Waals surface area (Å²) in [6.07, 6.45) is 2.56. The molecule has 3 rings (SSSR count). The molecule has 0 spiro atoms. The van der Waals surface area contributed by atoms with Crippen LogP contribution in [0.2, 0.25) is 0 Å². The Kier molecular flexibility index (Phi) is 9.18.